The van der Waals surface area contributed by atoms with Crippen LogP contribution in [0.3, 0.4) is 0 Å². The zero-order valence-electron chi connectivity index (χ0n) is 24.5. The fourth-order valence-electron chi connectivity index (χ4n) is 6.46. The first-order valence-electron chi connectivity index (χ1n) is 14.9. The van der Waals surface area contributed by atoms with Gasteiger partial charge in [-0.2, -0.15) is 18.4 Å². The molecule has 2 N–H and O–H groups in total. The molecule has 2 aliphatic rings. The summed E-state index contributed by atoms with van der Waals surface area (Å²) in [6.45, 7) is 11.9. The van der Waals surface area contributed by atoms with Crippen molar-refractivity contribution in [3.8, 4) is 6.07 Å². The second-order valence-corrected chi connectivity index (χ2v) is 12.9. The molecule has 0 radical (unpaired) electrons. The number of benzene rings is 1. The Labute approximate surface area is 253 Å². The average molecular weight is 611 g/mol. The van der Waals surface area contributed by atoms with Gasteiger partial charge in [0.25, 0.3) is 0 Å². The van der Waals surface area contributed by atoms with Crippen LogP contribution in [0.1, 0.15) is 41.5 Å². The number of hydrogen-bond donors (Lipinski definition) is 2. The molecule has 0 spiro atoms. The van der Waals surface area contributed by atoms with Crippen LogP contribution in [0, 0.1) is 18.3 Å². The molecule has 8 nitrogen and oxygen atoms in total. The van der Waals surface area contributed by atoms with Gasteiger partial charge in [0, 0.05) is 80.2 Å². The number of nitrogens with zero attached hydrogens (tertiary/aromatic N) is 6. The molecular formula is C31H37F3N8S. The van der Waals surface area contributed by atoms with Gasteiger partial charge < -0.3 is 15.2 Å². The summed E-state index contributed by atoms with van der Waals surface area (Å²) in [6, 6.07) is 11.0. The van der Waals surface area contributed by atoms with Crippen LogP contribution in [0.25, 0.3) is 21.1 Å². The molecule has 0 amide bonds. The Kier molecular flexibility index (Phi) is 8.60. The van der Waals surface area contributed by atoms with E-state index >= 15 is 0 Å². The number of alkyl halides is 3. The lowest BCUT2D eigenvalue weighted by Gasteiger charge is -2.33. The van der Waals surface area contributed by atoms with E-state index < -0.39 is 12.6 Å². The van der Waals surface area contributed by atoms with Crippen molar-refractivity contribution in [1.82, 2.24) is 29.7 Å². The van der Waals surface area contributed by atoms with Crippen molar-refractivity contribution in [2.24, 2.45) is 0 Å². The van der Waals surface area contributed by atoms with Crippen LogP contribution in [0.2, 0.25) is 0 Å². The molecule has 4 aromatic rings. The van der Waals surface area contributed by atoms with Gasteiger partial charge in [0.05, 0.1) is 11.8 Å². The smallest absolute Gasteiger partial charge is 0.367 e. The van der Waals surface area contributed by atoms with Gasteiger partial charge in [-0.25, -0.2) is 9.97 Å². The van der Waals surface area contributed by atoms with Crippen molar-refractivity contribution in [3.63, 3.8) is 0 Å². The number of aromatic nitrogens is 3. The van der Waals surface area contributed by atoms with E-state index in [1.807, 2.05) is 6.07 Å². The standard InChI is InChI=1S/C31H37F3N8S/c1-20(41-11-7-36-8-12-41)17-42-24(16-35)13-26-21(2)22(3-4-28(26)42)18-40-9-5-23(6-10-40)39-29-27-14-25(15-31(32,33)34)43-30(27)38-19-37-29/h3-4,13-14,19-20,23,36H,5-12,15,17-18H2,1-2H3,(H,37,38,39). The quantitative estimate of drug-likeness (QED) is 0.280. The summed E-state index contributed by atoms with van der Waals surface area (Å²) in [5, 5.41) is 18.6. The first-order chi connectivity index (χ1) is 20.7. The first-order valence-corrected chi connectivity index (χ1v) is 15.8. The SMILES string of the molecule is Cc1c(CN2CCC(Nc3ncnc4sc(CC(F)(F)F)cc34)CC2)ccc2c1cc(C#N)n2CC(C)N1CCNCC1. The third-order valence-electron chi connectivity index (χ3n) is 8.88. The fraction of sp³-hybridized carbons (Fsp3) is 0.516. The van der Waals surface area contributed by atoms with E-state index in [1.165, 1.54) is 17.5 Å². The molecule has 0 bridgehead atoms. The normalized spacial score (nSPS) is 18.3. The number of aryl methyl sites for hydroxylation is 1. The van der Waals surface area contributed by atoms with Crippen LogP contribution in [0.4, 0.5) is 19.0 Å². The van der Waals surface area contributed by atoms with Crippen LogP contribution in [-0.4, -0.2) is 81.9 Å². The first kappa shape index (κ1) is 29.8. The molecule has 228 valence electrons. The number of halogens is 3. The molecule has 0 aliphatic carbocycles. The van der Waals surface area contributed by atoms with E-state index in [1.54, 1.807) is 6.07 Å². The Morgan fingerprint density at radius 3 is 2.60 bits per heavy atom. The minimum Gasteiger partial charge on any atom is -0.367 e. The van der Waals surface area contributed by atoms with Crippen molar-refractivity contribution in [1.29, 1.82) is 5.26 Å². The van der Waals surface area contributed by atoms with Gasteiger partial charge in [0.2, 0.25) is 0 Å². The number of rotatable bonds is 8. The second kappa shape index (κ2) is 12.4. The second-order valence-electron chi connectivity index (χ2n) is 11.8. The molecular weight excluding hydrogens is 573 g/mol. The van der Waals surface area contributed by atoms with E-state index in [4.69, 9.17) is 0 Å². The molecule has 2 fully saturated rings. The predicted octanol–water partition coefficient (Wildman–Crippen LogP) is 5.30. The van der Waals surface area contributed by atoms with Crippen molar-refractivity contribution in [2.45, 2.75) is 64.5 Å². The fourth-order valence-corrected chi connectivity index (χ4v) is 7.49. The Morgan fingerprint density at radius 1 is 1.12 bits per heavy atom. The molecule has 3 aromatic heterocycles. The summed E-state index contributed by atoms with van der Waals surface area (Å²) in [5.74, 6) is 0.610. The number of hydrogen-bond acceptors (Lipinski definition) is 8. The van der Waals surface area contributed by atoms with Crippen molar-refractivity contribution in [2.75, 3.05) is 44.6 Å². The third kappa shape index (κ3) is 6.65. The van der Waals surface area contributed by atoms with Crippen molar-refractivity contribution >= 4 is 38.3 Å². The Balaban J connectivity index is 1.10. The third-order valence-corrected chi connectivity index (χ3v) is 9.92. The molecule has 43 heavy (non-hydrogen) atoms. The van der Waals surface area contributed by atoms with Gasteiger partial charge in [-0.15, -0.1) is 11.3 Å². The molecule has 1 atom stereocenters. The van der Waals surface area contributed by atoms with Crippen LogP contribution < -0.4 is 10.6 Å². The van der Waals surface area contributed by atoms with Gasteiger partial charge in [-0.1, -0.05) is 6.07 Å². The monoisotopic (exact) mass is 610 g/mol. The lowest BCUT2D eigenvalue weighted by molar-refractivity contribution is -0.126. The van der Waals surface area contributed by atoms with Gasteiger partial charge >= 0.3 is 6.18 Å². The van der Waals surface area contributed by atoms with Gasteiger partial charge in [-0.05, 0) is 56.0 Å². The molecule has 5 heterocycles. The van der Waals surface area contributed by atoms with Crippen molar-refractivity contribution < 1.29 is 13.2 Å². The number of piperidine rings is 1. The van der Waals surface area contributed by atoms with Gasteiger partial charge in [-0.3, -0.25) is 9.80 Å². The maximum Gasteiger partial charge on any atom is 0.393 e. The zero-order chi connectivity index (χ0) is 30.1. The van der Waals surface area contributed by atoms with Gasteiger partial charge in [0.1, 0.15) is 28.7 Å². The predicted molar refractivity (Wildman–Crippen MR) is 164 cm³/mol. The van der Waals surface area contributed by atoms with E-state index in [-0.39, 0.29) is 10.9 Å². The highest BCUT2D eigenvalue weighted by atomic mass is 32.1. The van der Waals surface area contributed by atoms with E-state index in [0.29, 0.717) is 27.8 Å². The lowest BCUT2D eigenvalue weighted by Crippen LogP contribution is -2.48. The molecule has 2 aliphatic heterocycles. The minimum atomic E-state index is -4.25. The summed E-state index contributed by atoms with van der Waals surface area (Å²) in [7, 11) is 0. The van der Waals surface area contributed by atoms with E-state index in [0.717, 1.165) is 87.4 Å². The van der Waals surface area contributed by atoms with Crippen LogP contribution in [0.5, 0.6) is 0 Å². The number of likely N-dealkylation sites (tertiary alicyclic amines) is 1. The molecule has 2 saturated heterocycles. The topological polar surface area (TPSA) is 85.0 Å². The Morgan fingerprint density at radius 2 is 1.88 bits per heavy atom. The maximum absolute atomic E-state index is 12.9. The average Bonchev–Trinajstić information content (AvgIpc) is 3.56. The summed E-state index contributed by atoms with van der Waals surface area (Å²) in [6.07, 6.45) is -1.96. The molecule has 6 rings (SSSR count). The Hall–Kier alpha value is -3.24. The Bertz CT molecular complexity index is 1620. The number of fused-ring (bicyclic) bond motifs is 2. The number of nitrogens with one attached hydrogen (secondary N) is 2. The van der Waals surface area contributed by atoms with E-state index in [2.05, 4.69) is 67.0 Å². The summed E-state index contributed by atoms with van der Waals surface area (Å²) in [5.41, 5.74) is 4.31. The summed E-state index contributed by atoms with van der Waals surface area (Å²) < 4.78 is 40.9. The number of piperazine rings is 1. The summed E-state index contributed by atoms with van der Waals surface area (Å²) in [4.78, 5) is 14.3. The largest absolute Gasteiger partial charge is 0.393 e. The van der Waals surface area contributed by atoms with E-state index in [9.17, 15) is 18.4 Å². The highest BCUT2D eigenvalue weighted by molar-refractivity contribution is 7.18. The van der Waals surface area contributed by atoms with Crippen LogP contribution >= 0.6 is 11.3 Å². The number of thiophene rings is 1. The maximum atomic E-state index is 12.9. The number of anilines is 1. The zero-order valence-corrected chi connectivity index (χ0v) is 25.4. The molecule has 0 saturated carbocycles. The van der Waals surface area contributed by atoms with Crippen LogP contribution in [0.15, 0.2) is 30.6 Å². The van der Waals surface area contributed by atoms with Crippen molar-refractivity contribution in [3.05, 3.63) is 52.3 Å². The minimum absolute atomic E-state index is 0.189. The number of nitriles is 1. The van der Waals surface area contributed by atoms with Gasteiger partial charge in [0.15, 0.2) is 0 Å². The highest BCUT2D eigenvalue weighted by Crippen LogP contribution is 2.33. The highest BCUT2D eigenvalue weighted by Gasteiger charge is 2.29. The molecule has 1 unspecified atom stereocenters. The summed E-state index contributed by atoms with van der Waals surface area (Å²) >= 11 is 1.07. The molecule has 12 heteroatoms. The molecule has 1 aromatic carbocycles. The lowest BCUT2D eigenvalue weighted by atomic mass is 10.0. The van der Waals surface area contributed by atoms with Crippen LogP contribution in [-0.2, 0) is 19.5 Å².